The van der Waals surface area contributed by atoms with Gasteiger partial charge in [-0.1, -0.05) is 18.2 Å². The molecule has 11 heteroatoms. The van der Waals surface area contributed by atoms with Gasteiger partial charge in [0.15, 0.2) is 5.16 Å². The summed E-state index contributed by atoms with van der Waals surface area (Å²) in [5.41, 5.74) is 2.62. The lowest BCUT2D eigenvalue weighted by molar-refractivity contribution is -0.124. The van der Waals surface area contributed by atoms with E-state index in [9.17, 15) is 9.59 Å². The number of nitrogens with one attached hydrogen (secondary N) is 2. The number of hydrogen-bond donors (Lipinski definition) is 2. The normalized spacial score (nSPS) is 18.2. The van der Waals surface area contributed by atoms with Gasteiger partial charge in [-0.3, -0.25) is 9.59 Å². The van der Waals surface area contributed by atoms with Crippen molar-refractivity contribution in [2.75, 3.05) is 24.2 Å². The first-order valence-corrected chi connectivity index (χ1v) is 12.7. The lowest BCUT2D eigenvalue weighted by Crippen LogP contribution is -2.28. The molecule has 3 heterocycles. The van der Waals surface area contributed by atoms with Gasteiger partial charge in [-0.2, -0.15) is 0 Å². The van der Waals surface area contributed by atoms with Gasteiger partial charge in [0.2, 0.25) is 0 Å². The summed E-state index contributed by atoms with van der Waals surface area (Å²) in [5, 5.41) is 14.7. The molecular weight excluding hydrogens is 454 g/mol. The van der Waals surface area contributed by atoms with Crippen molar-refractivity contribution in [1.82, 2.24) is 29.6 Å². The molecule has 0 bridgehead atoms. The lowest BCUT2D eigenvalue weighted by Gasteiger charge is -2.24. The largest absolute Gasteiger partial charge is 0.368 e. The number of nitrogens with zero attached hydrogens (tertiary/aromatic N) is 5. The van der Waals surface area contributed by atoms with Gasteiger partial charge in [0.1, 0.15) is 18.3 Å². The molecule has 2 aromatic heterocycles. The molecule has 5 rings (SSSR count). The highest BCUT2D eigenvalue weighted by atomic mass is 32.2. The molecule has 1 saturated heterocycles. The van der Waals surface area contributed by atoms with Gasteiger partial charge < -0.3 is 24.5 Å². The second kappa shape index (κ2) is 9.75. The standard InChI is InChI=1S/C23H29N7O3S/c1-29-13-25-28-23(29)34-10-8-24-21(31)15-11-16-19(30(2)20(26-16)14-5-3-6-14)17(12-15)27-22(32)18-7-4-9-33-18/h11-14,18H,3-10H2,1-2H3,(H,24,31)(H,27,32)/t18-/m1/s1. The number of hydrogen-bond acceptors (Lipinski definition) is 7. The van der Waals surface area contributed by atoms with Gasteiger partial charge in [-0.05, 0) is 37.8 Å². The summed E-state index contributed by atoms with van der Waals surface area (Å²) in [6.45, 7) is 1.07. The van der Waals surface area contributed by atoms with E-state index in [-0.39, 0.29) is 11.8 Å². The van der Waals surface area contributed by atoms with Gasteiger partial charge in [0.05, 0.1) is 16.7 Å². The van der Waals surface area contributed by atoms with Crippen LogP contribution in [0.15, 0.2) is 23.6 Å². The summed E-state index contributed by atoms with van der Waals surface area (Å²) in [6, 6.07) is 3.55. The average molecular weight is 484 g/mol. The highest BCUT2D eigenvalue weighted by Gasteiger charge is 2.28. The molecule has 2 fully saturated rings. The van der Waals surface area contributed by atoms with Crippen molar-refractivity contribution < 1.29 is 14.3 Å². The Morgan fingerprint density at radius 3 is 2.74 bits per heavy atom. The molecule has 0 unspecified atom stereocenters. The van der Waals surface area contributed by atoms with Crippen molar-refractivity contribution in [1.29, 1.82) is 0 Å². The Kier molecular flexibility index (Phi) is 6.55. The number of carbonyl (C=O) groups excluding carboxylic acids is 2. The van der Waals surface area contributed by atoms with Crippen molar-refractivity contribution in [2.45, 2.75) is 49.3 Å². The molecule has 2 amide bonds. The monoisotopic (exact) mass is 483 g/mol. The Hall–Kier alpha value is -2.92. The Morgan fingerprint density at radius 2 is 2.06 bits per heavy atom. The zero-order valence-corrected chi connectivity index (χ0v) is 20.2. The number of benzene rings is 1. The number of thioether (sulfide) groups is 1. The zero-order chi connectivity index (χ0) is 23.7. The van der Waals surface area contributed by atoms with Crippen LogP contribution in [0, 0.1) is 0 Å². The average Bonchev–Trinajstić information content (AvgIpc) is 3.52. The summed E-state index contributed by atoms with van der Waals surface area (Å²) in [5.74, 6) is 1.71. The molecule has 34 heavy (non-hydrogen) atoms. The minimum Gasteiger partial charge on any atom is -0.368 e. The third-order valence-electron chi connectivity index (χ3n) is 6.50. The predicted octanol–water partition coefficient (Wildman–Crippen LogP) is 2.61. The summed E-state index contributed by atoms with van der Waals surface area (Å²) >= 11 is 1.52. The molecular formula is C23H29N7O3S. The van der Waals surface area contributed by atoms with E-state index in [1.54, 1.807) is 12.4 Å². The smallest absolute Gasteiger partial charge is 0.253 e. The number of ether oxygens (including phenoxy) is 1. The van der Waals surface area contributed by atoms with Crippen LogP contribution >= 0.6 is 11.8 Å². The summed E-state index contributed by atoms with van der Waals surface area (Å²) in [7, 11) is 3.86. The third-order valence-corrected chi connectivity index (χ3v) is 7.54. The first kappa shape index (κ1) is 22.9. The van der Waals surface area contributed by atoms with Crippen LogP contribution in [0.3, 0.4) is 0 Å². The van der Waals surface area contributed by atoms with Crippen molar-refractivity contribution in [3.05, 3.63) is 29.8 Å². The number of fused-ring (bicyclic) bond motifs is 1. The summed E-state index contributed by atoms with van der Waals surface area (Å²) in [4.78, 5) is 30.7. The molecule has 3 aromatic rings. The fourth-order valence-electron chi connectivity index (χ4n) is 4.44. The number of carbonyl (C=O) groups is 2. The highest BCUT2D eigenvalue weighted by Crippen LogP contribution is 2.38. The van der Waals surface area contributed by atoms with E-state index in [2.05, 4.69) is 25.4 Å². The van der Waals surface area contributed by atoms with Crippen LogP contribution < -0.4 is 10.6 Å². The second-order valence-electron chi connectivity index (χ2n) is 8.87. The van der Waals surface area contributed by atoms with E-state index in [1.165, 1.54) is 18.2 Å². The quantitative estimate of drug-likeness (QED) is 0.374. The van der Waals surface area contributed by atoms with E-state index < -0.39 is 6.10 Å². The van der Waals surface area contributed by atoms with Crippen LogP contribution in [0.2, 0.25) is 0 Å². The Labute approximate surface area is 201 Å². The maximum Gasteiger partial charge on any atom is 0.253 e. The minimum absolute atomic E-state index is 0.178. The van der Waals surface area contributed by atoms with Crippen LogP contribution in [0.5, 0.6) is 0 Å². The van der Waals surface area contributed by atoms with Crippen LogP contribution in [-0.2, 0) is 23.6 Å². The fourth-order valence-corrected chi connectivity index (χ4v) is 5.18. The van der Waals surface area contributed by atoms with Crippen molar-refractivity contribution >= 4 is 40.3 Å². The third kappa shape index (κ3) is 4.54. The molecule has 1 aliphatic carbocycles. The summed E-state index contributed by atoms with van der Waals surface area (Å²) in [6.07, 6.45) is 6.21. The molecule has 0 radical (unpaired) electrons. The van der Waals surface area contributed by atoms with Crippen LogP contribution in [0.4, 0.5) is 5.69 Å². The summed E-state index contributed by atoms with van der Waals surface area (Å²) < 4.78 is 9.45. The van der Waals surface area contributed by atoms with Crippen LogP contribution in [-0.4, -0.2) is 61.1 Å². The Bertz CT molecular complexity index is 1210. The topological polar surface area (TPSA) is 116 Å². The first-order valence-electron chi connectivity index (χ1n) is 11.7. The lowest BCUT2D eigenvalue weighted by atomic mass is 9.85. The molecule has 1 aliphatic heterocycles. The number of imidazole rings is 1. The second-order valence-corrected chi connectivity index (χ2v) is 9.93. The molecule has 1 atom stereocenters. The van der Waals surface area contributed by atoms with E-state index in [0.29, 0.717) is 48.0 Å². The van der Waals surface area contributed by atoms with Gasteiger partial charge in [0, 0.05) is 44.5 Å². The van der Waals surface area contributed by atoms with Crippen molar-refractivity contribution in [2.24, 2.45) is 14.1 Å². The minimum atomic E-state index is -0.454. The molecule has 0 spiro atoms. The maximum absolute atomic E-state index is 13.0. The van der Waals surface area contributed by atoms with Gasteiger partial charge in [0.25, 0.3) is 11.8 Å². The van der Waals surface area contributed by atoms with Crippen LogP contribution in [0.1, 0.15) is 54.2 Å². The molecule has 1 aromatic carbocycles. The first-order chi connectivity index (χ1) is 16.5. The van der Waals surface area contributed by atoms with E-state index in [1.807, 2.05) is 24.7 Å². The number of amides is 2. The molecule has 2 aliphatic rings. The maximum atomic E-state index is 13.0. The van der Waals surface area contributed by atoms with E-state index in [0.717, 1.165) is 35.8 Å². The number of aromatic nitrogens is 5. The molecule has 1 saturated carbocycles. The SMILES string of the molecule is Cn1cnnc1SCCNC(=O)c1cc(NC(=O)[C@H]2CCCO2)c2c(c1)nc(C1CCC1)n2C. The number of anilines is 1. The Balaban J connectivity index is 1.36. The predicted molar refractivity (Wildman–Crippen MR) is 129 cm³/mol. The number of aryl methyl sites for hydroxylation is 2. The molecule has 2 N–H and O–H groups in total. The zero-order valence-electron chi connectivity index (χ0n) is 19.4. The van der Waals surface area contributed by atoms with Gasteiger partial charge in [-0.25, -0.2) is 4.98 Å². The van der Waals surface area contributed by atoms with Crippen molar-refractivity contribution in [3.63, 3.8) is 0 Å². The van der Waals surface area contributed by atoms with Gasteiger partial charge in [-0.15, -0.1) is 10.2 Å². The highest BCUT2D eigenvalue weighted by molar-refractivity contribution is 7.99. The number of rotatable bonds is 8. The fraction of sp³-hybridized carbons (Fsp3) is 0.522. The van der Waals surface area contributed by atoms with E-state index in [4.69, 9.17) is 9.72 Å². The van der Waals surface area contributed by atoms with Crippen LogP contribution in [0.25, 0.3) is 11.0 Å². The van der Waals surface area contributed by atoms with Crippen molar-refractivity contribution in [3.8, 4) is 0 Å². The molecule has 180 valence electrons. The van der Waals surface area contributed by atoms with Gasteiger partial charge >= 0.3 is 0 Å². The Morgan fingerprint density at radius 1 is 1.21 bits per heavy atom. The molecule has 10 nitrogen and oxygen atoms in total. The van der Waals surface area contributed by atoms with E-state index >= 15 is 0 Å².